The summed E-state index contributed by atoms with van der Waals surface area (Å²) in [6, 6.07) is 44.8. The van der Waals surface area contributed by atoms with Gasteiger partial charge in [-0.1, -0.05) is 74.5 Å². The van der Waals surface area contributed by atoms with Crippen molar-refractivity contribution >= 4 is 63.4 Å². The lowest BCUT2D eigenvalue weighted by Gasteiger charge is -2.26. The van der Waals surface area contributed by atoms with Crippen LogP contribution in [0.3, 0.4) is 0 Å². The van der Waals surface area contributed by atoms with Gasteiger partial charge in [0.1, 0.15) is 6.29 Å². The number of ether oxygens (including phenoxy) is 2. The molecule has 7 N–H and O–H groups in total. The van der Waals surface area contributed by atoms with Gasteiger partial charge in [-0.15, -0.1) is 0 Å². The van der Waals surface area contributed by atoms with E-state index in [4.69, 9.17) is 19.4 Å². The Balaban J connectivity index is 0.000000195. The molecule has 0 saturated carbocycles. The van der Waals surface area contributed by atoms with Crippen LogP contribution in [0.4, 0.5) is 11.4 Å². The fourth-order valence-corrected chi connectivity index (χ4v) is 15.1. The Hall–Kier alpha value is -11.6. The molecule has 10 aromatic rings. The highest BCUT2D eigenvalue weighted by Crippen LogP contribution is 2.35. The number of nitriles is 2. The lowest BCUT2D eigenvalue weighted by atomic mass is 9.96. The Morgan fingerprint density at radius 1 is 0.504 bits per heavy atom. The van der Waals surface area contributed by atoms with Crippen molar-refractivity contribution in [1.29, 1.82) is 10.5 Å². The standard InChI is InChI=1S/C45H53N9O3.C39H39N7O4.C6H14N2/c1-4-41-39(42(50-37-15-21-57-22-16-37)40-29-49-54(5-2)43(40)51-41)28-48-45(56)35-12-7-11-34(25-35)44(55)47-27-31-13-14-36(26-46)38(24-31)33-10-6-9-32(23-33)30-53-18-8-17-52(3)19-20-53;1-3-35-33(36(44-31-13-15-50-16-14-31)34-23-43-46(4-2)37(34)45-35)22-42-39(49)29-10-6-9-28(19-29)38(48)41-21-25-11-12-30(20-40)32(18-25)27-8-5-7-26(17-27)24-47;1-8-5-2-3-7-4-6-8/h6-7,9-14,23-25,29,37H,4-5,8,15-22,27-28,30H2,1-3H3,(H,47,55)(H,48,56)(H,50,51);5-12,17-19,23-24,31H,3-4,13-16,21-22H2,1-2H3,(H,41,48)(H,42,49)(H,44,45);7H,2-6H2,1H3. The third kappa shape index (κ3) is 21.7. The van der Waals surface area contributed by atoms with Gasteiger partial charge in [-0.25, -0.2) is 19.3 Å². The zero-order valence-electron chi connectivity index (χ0n) is 67.0. The van der Waals surface area contributed by atoms with Crippen molar-refractivity contribution in [2.45, 2.75) is 137 Å². The second kappa shape index (κ2) is 41.0. The molecule has 0 bridgehead atoms. The minimum Gasteiger partial charge on any atom is -0.381 e. The van der Waals surface area contributed by atoms with Gasteiger partial charge in [0.2, 0.25) is 0 Å². The maximum Gasteiger partial charge on any atom is 0.251 e. The molecule has 4 amide bonds. The molecule has 4 aromatic heterocycles. The molecule has 0 atom stereocenters. The summed E-state index contributed by atoms with van der Waals surface area (Å²) in [6.45, 7) is 23.4. The van der Waals surface area contributed by atoms with E-state index in [0.29, 0.717) is 96.9 Å². The first kappa shape index (κ1) is 82.9. The molecule has 8 heterocycles. The van der Waals surface area contributed by atoms with Crippen LogP contribution in [0.1, 0.15) is 168 Å². The topological polar surface area (TPSA) is 307 Å². The molecule has 0 unspecified atom stereocenters. The number of fused-ring (bicyclic) bond motifs is 2. The Labute approximate surface area is 673 Å². The Morgan fingerprint density at radius 2 is 0.965 bits per heavy atom. The number of aromatic nitrogens is 6. The number of likely N-dealkylation sites (N-methyl/N-ethyl adjacent to an activating group) is 2. The molecule has 25 heteroatoms. The van der Waals surface area contributed by atoms with E-state index >= 15 is 0 Å². The number of carbonyl (C=O) groups is 5. The number of hydrogen-bond donors (Lipinski definition) is 7. The van der Waals surface area contributed by atoms with E-state index in [-0.39, 0.29) is 61.9 Å². The van der Waals surface area contributed by atoms with Gasteiger partial charge in [0, 0.05) is 161 Å². The van der Waals surface area contributed by atoms with Crippen molar-refractivity contribution in [1.82, 2.24) is 70.8 Å². The maximum atomic E-state index is 13.6. The van der Waals surface area contributed by atoms with Crippen LogP contribution >= 0.6 is 0 Å². The highest BCUT2D eigenvalue weighted by Gasteiger charge is 2.26. The second-order valence-electron chi connectivity index (χ2n) is 29.6. The van der Waals surface area contributed by atoms with Crippen LogP contribution in [-0.2, 0) is 68.1 Å². The van der Waals surface area contributed by atoms with Crippen LogP contribution in [0.2, 0.25) is 0 Å². The summed E-state index contributed by atoms with van der Waals surface area (Å²) in [7, 11) is 4.35. The summed E-state index contributed by atoms with van der Waals surface area (Å²) in [4.78, 5) is 82.3. The number of anilines is 2. The monoisotopic (exact) mass is 1550 g/mol. The van der Waals surface area contributed by atoms with E-state index in [1.165, 1.54) is 31.6 Å². The van der Waals surface area contributed by atoms with Gasteiger partial charge in [-0.3, -0.25) is 28.9 Å². The molecule has 4 aliphatic heterocycles. The molecule has 4 saturated heterocycles. The predicted molar refractivity (Wildman–Crippen MR) is 449 cm³/mol. The van der Waals surface area contributed by atoms with Crippen molar-refractivity contribution in [2.75, 3.05) is 104 Å². The molecular weight excluding hydrogens is 1450 g/mol. The number of pyridine rings is 2. The molecule has 6 aromatic carbocycles. The molecule has 4 fully saturated rings. The lowest BCUT2D eigenvalue weighted by Crippen LogP contribution is -2.30. The van der Waals surface area contributed by atoms with Crippen molar-refractivity contribution < 1.29 is 33.4 Å². The molecule has 0 spiro atoms. The molecule has 0 aliphatic carbocycles. The molecule has 14 rings (SSSR count). The second-order valence-corrected chi connectivity index (χ2v) is 29.6. The summed E-state index contributed by atoms with van der Waals surface area (Å²) >= 11 is 0. The minimum atomic E-state index is -0.340. The number of nitrogens with one attached hydrogen (secondary N) is 7. The van der Waals surface area contributed by atoms with Crippen LogP contribution in [-0.4, -0.2) is 179 Å². The fraction of sp³-hybridized carbons (Fsp3) is 0.389. The average molecular weight is 1550 g/mol. The number of aldehydes is 1. The largest absolute Gasteiger partial charge is 0.381 e. The van der Waals surface area contributed by atoms with Crippen LogP contribution in [0.25, 0.3) is 44.3 Å². The van der Waals surface area contributed by atoms with Crippen LogP contribution in [0, 0.1) is 22.7 Å². The zero-order chi connectivity index (χ0) is 80.6. The Morgan fingerprint density at radius 3 is 1.44 bits per heavy atom. The van der Waals surface area contributed by atoms with Gasteiger partial charge in [0.05, 0.1) is 57.8 Å². The highest BCUT2D eigenvalue weighted by molar-refractivity contribution is 6.01. The SMILES string of the molecule is CCc1nc2c(cnn2CC)c(NC2CCOCC2)c1CNC(=O)c1cccc(C(=O)NCc2ccc(C#N)c(-c3cccc(C=O)c3)c2)c1.CCc1nc2c(cnn2CC)c(NC2CCOCC2)c1CNC(=O)c1cccc(C(=O)NCc2ccc(C#N)c(-c3cccc(CN4CCCN(C)CC4)c3)c2)c1.CN1CCCNCC1. The van der Waals surface area contributed by atoms with Crippen molar-refractivity contribution in [3.63, 3.8) is 0 Å². The van der Waals surface area contributed by atoms with Crippen molar-refractivity contribution in [2.24, 2.45) is 0 Å². The van der Waals surface area contributed by atoms with Crippen LogP contribution < -0.4 is 37.2 Å². The normalized spacial score (nSPS) is 15.1. The first-order chi connectivity index (χ1) is 56.1. The molecule has 115 heavy (non-hydrogen) atoms. The smallest absolute Gasteiger partial charge is 0.251 e. The lowest BCUT2D eigenvalue weighted by molar-refractivity contribution is 0.0903. The number of carbonyl (C=O) groups excluding carboxylic acids is 5. The zero-order valence-corrected chi connectivity index (χ0v) is 67.0. The van der Waals surface area contributed by atoms with Gasteiger partial charge in [-0.2, -0.15) is 20.7 Å². The molecule has 4 aliphatic rings. The predicted octanol–water partition coefficient (Wildman–Crippen LogP) is 11.9. The number of rotatable bonds is 25. The van der Waals surface area contributed by atoms with Crippen molar-refractivity contribution in [3.05, 3.63) is 224 Å². The third-order valence-corrected chi connectivity index (χ3v) is 21.6. The van der Waals surface area contributed by atoms with E-state index in [9.17, 15) is 34.5 Å². The molecule has 25 nitrogen and oxygen atoms in total. The van der Waals surface area contributed by atoms with E-state index in [1.54, 1.807) is 78.9 Å². The number of aryl methyl sites for hydroxylation is 4. The van der Waals surface area contributed by atoms with E-state index in [1.807, 2.05) is 72.0 Å². The molecule has 598 valence electrons. The Bertz CT molecular complexity index is 5140. The van der Waals surface area contributed by atoms with Gasteiger partial charge in [0.15, 0.2) is 11.3 Å². The minimum absolute atomic E-state index is 0.202. The van der Waals surface area contributed by atoms with Gasteiger partial charge < -0.3 is 56.5 Å². The summed E-state index contributed by atoms with van der Waals surface area (Å²) in [5.41, 5.74) is 16.3. The van der Waals surface area contributed by atoms with E-state index in [0.717, 1.165) is 161 Å². The summed E-state index contributed by atoms with van der Waals surface area (Å²) < 4.78 is 15.0. The van der Waals surface area contributed by atoms with E-state index in [2.05, 4.69) is 120 Å². The maximum absolute atomic E-state index is 13.6. The highest BCUT2D eigenvalue weighted by atomic mass is 16.5. The van der Waals surface area contributed by atoms with Crippen molar-refractivity contribution in [3.8, 4) is 34.4 Å². The quantitative estimate of drug-likeness (QED) is 0.0262. The first-order valence-corrected chi connectivity index (χ1v) is 40.4. The molecule has 0 radical (unpaired) electrons. The summed E-state index contributed by atoms with van der Waals surface area (Å²) in [6.07, 6.45) is 11.8. The number of amides is 4. The van der Waals surface area contributed by atoms with E-state index < -0.39 is 0 Å². The third-order valence-electron chi connectivity index (χ3n) is 21.6. The average Bonchev–Trinajstić information content (AvgIpc) is 1.67. The number of benzene rings is 6. The van der Waals surface area contributed by atoms with Crippen LogP contribution in [0.15, 0.2) is 146 Å². The number of hydrogen-bond acceptors (Lipinski definition) is 19. The van der Waals surface area contributed by atoms with Gasteiger partial charge in [0.25, 0.3) is 23.6 Å². The summed E-state index contributed by atoms with van der Waals surface area (Å²) in [5, 5.41) is 53.6. The fourth-order valence-electron chi connectivity index (χ4n) is 15.1. The van der Waals surface area contributed by atoms with Gasteiger partial charge in [-0.05, 0) is 217 Å². The number of nitrogens with zero attached hydrogens (tertiary/aromatic N) is 11. The van der Waals surface area contributed by atoms with Gasteiger partial charge >= 0.3 is 0 Å². The summed E-state index contributed by atoms with van der Waals surface area (Å²) in [5.74, 6) is -1.22. The Kier molecular flexibility index (Phi) is 29.5. The first-order valence-electron chi connectivity index (χ1n) is 40.4. The van der Waals surface area contributed by atoms with Crippen LogP contribution in [0.5, 0.6) is 0 Å². The molecular formula is C90H106N18O7.